The topological polar surface area (TPSA) is 26.3 Å². The molecule has 2 nitrogen and oxygen atoms in total. The first-order valence-electron chi connectivity index (χ1n) is 5.48. The molecule has 0 saturated carbocycles. The summed E-state index contributed by atoms with van der Waals surface area (Å²) in [4.78, 5) is 11.5. The number of ether oxygens (including phenoxy) is 1. The van der Waals surface area contributed by atoms with Crippen molar-refractivity contribution in [3.8, 4) is 11.1 Å². The van der Waals surface area contributed by atoms with E-state index in [9.17, 15) is 22.4 Å². The van der Waals surface area contributed by atoms with E-state index in [2.05, 4.69) is 4.74 Å². The summed E-state index contributed by atoms with van der Waals surface area (Å²) in [5.74, 6) is -8.75. The van der Waals surface area contributed by atoms with Crippen LogP contribution in [-0.2, 0) is 4.74 Å². The molecule has 0 unspecified atom stereocenters. The molecule has 0 radical (unpaired) electrons. The monoisotopic (exact) mass is 284 g/mol. The number of methoxy groups -OCH3 is 1. The van der Waals surface area contributed by atoms with E-state index in [0.717, 1.165) is 7.11 Å². The van der Waals surface area contributed by atoms with E-state index in [1.807, 2.05) is 0 Å². The highest BCUT2D eigenvalue weighted by atomic mass is 19.2. The summed E-state index contributed by atoms with van der Waals surface area (Å²) in [6.45, 7) is 0. The minimum absolute atomic E-state index is 0.0307. The molecule has 0 aliphatic carbocycles. The fraction of sp³-hybridized carbons (Fsp3) is 0.0714. The van der Waals surface area contributed by atoms with Gasteiger partial charge in [0.15, 0.2) is 23.3 Å². The van der Waals surface area contributed by atoms with Crippen molar-refractivity contribution in [2.45, 2.75) is 0 Å². The number of carbonyl (C=O) groups is 1. The molecule has 0 saturated heterocycles. The first-order chi connectivity index (χ1) is 9.49. The average molecular weight is 284 g/mol. The maximum absolute atomic E-state index is 13.9. The molecule has 0 aromatic heterocycles. The lowest BCUT2D eigenvalue weighted by Crippen LogP contribution is -2.13. The maximum Gasteiger partial charge on any atom is 0.341 e. The van der Waals surface area contributed by atoms with Crippen molar-refractivity contribution < 1.29 is 27.1 Å². The minimum atomic E-state index is -2.05. The zero-order chi connectivity index (χ0) is 14.9. The number of hydrogen-bond donors (Lipinski definition) is 0. The van der Waals surface area contributed by atoms with Crippen molar-refractivity contribution in [3.63, 3.8) is 0 Å². The second-order valence-corrected chi connectivity index (χ2v) is 3.86. The molecule has 0 atom stereocenters. The molecule has 2 rings (SSSR count). The van der Waals surface area contributed by atoms with Crippen LogP contribution in [0.15, 0.2) is 30.3 Å². The third kappa shape index (κ3) is 2.13. The summed E-state index contributed by atoms with van der Waals surface area (Å²) < 4.78 is 58.5. The summed E-state index contributed by atoms with van der Waals surface area (Å²) in [6, 6.07) is 7.22. The van der Waals surface area contributed by atoms with Gasteiger partial charge in [0.25, 0.3) is 0 Å². The standard InChI is InChI=1S/C14H8F4O2/c1-20-14(19)9-8(7-5-3-2-4-6-7)10(15)12(17)13(18)11(9)16/h2-6H,1H3. The third-order valence-electron chi connectivity index (χ3n) is 2.72. The largest absolute Gasteiger partial charge is 0.465 e. The van der Waals surface area contributed by atoms with Crippen LogP contribution in [0, 0.1) is 23.3 Å². The van der Waals surface area contributed by atoms with Crippen LogP contribution in [0.4, 0.5) is 17.6 Å². The highest BCUT2D eigenvalue weighted by Crippen LogP contribution is 2.32. The number of carbonyl (C=O) groups excluding carboxylic acids is 1. The zero-order valence-electron chi connectivity index (χ0n) is 10.2. The molecule has 0 aliphatic rings. The lowest BCUT2D eigenvalue weighted by atomic mass is 9.98. The number of esters is 1. The van der Waals surface area contributed by atoms with Gasteiger partial charge in [-0.05, 0) is 5.56 Å². The fourth-order valence-electron chi connectivity index (χ4n) is 1.80. The molecule has 20 heavy (non-hydrogen) atoms. The second kappa shape index (κ2) is 5.32. The average Bonchev–Trinajstić information content (AvgIpc) is 2.48. The molecule has 0 fully saturated rings. The van der Waals surface area contributed by atoms with E-state index in [1.54, 1.807) is 6.07 Å². The van der Waals surface area contributed by atoms with Crippen LogP contribution in [-0.4, -0.2) is 13.1 Å². The Morgan fingerprint density at radius 3 is 2.00 bits per heavy atom. The van der Waals surface area contributed by atoms with E-state index in [1.165, 1.54) is 24.3 Å². The van der Waals surface area contributed by atoms with Gasteiger partial charge in [0, 0.05) is 5.56 Å². The van der Waals surface area contributed by atoms with Crippen molar-refractivity contribution in [2.75, 3.05) is 7.11 Å². The molecule has 0 heterocycles. The van der Waals surface area contributed by atoms with Crippen molar-refractivity contribution in [1.82, 2.24) is 0 Å². The molecular weight excluding hydrogens is 276 g/mol. The molecule has 0 bridgehead atoms. The number of halogens is 4. The Hall–Kier alpha value is -2.37. The SMILES string of the molecule is COC(=O)c1c(F)c(F)c(F)c(F)c1-c1ccccc1. The van der Waals surface area contributed by atoms with Gasteiger partial charge in [0.2, 0.25) is 0 Å². The molecule has 2 aromatic rings. The zero-order valence-corrected chi connectivity index (χ0v) is 10.2. The molecule has 0 aliphatic heterocycles. The Labute approximate surface area is 111 Å². The van der Waals surface area contributed by atoms with Gasteiger partial charge in [-0.3, -0.25) is 0 Å². The first-order valence-corrected chi connectivity index (χ1v) is 5.48. The van der Waals surface area contributed by atoms with Crippen molar-refractivity contribution in [2.24, 2.45) is 0 Å². The maximum atomic E-state index is 13.9. The minimum Gasteiger partial charge on any atom is -0.465 e. The van der Waals surface area contributed by atoms with E-state index in [0.29, 0.717) is 0 Å². The molecule has 0 amide bonds. The molecular formula is C14H8F4O2. The summed E-state index contributed by atoms with van der Waals surface area (Å²) >= 11 is 0. The molecule has 104 valence electrons. The van der Waals surface area contributed by atoms with Crippen molar-refractivity contribution in [3.05, 3.63) is 59.2 Å². The Morgan fingerprint density at radius 1 is 0.900 bits per heavy atom. The van der Waals surface area contributed by atoms with Gasteiger partial charge >= 0.3 is 5.97 Å². The lowest BCUT2D eigenvalue weighted by molar-refractivity contribution is 0.0594. The van der Waals surface area contributed by atoms with E-state index >= 15 is 0 Å². The van der Waals surface area contributed by atoms with E-state index in [-0.39, 0.29) is 5.56 Å². The predicted octanol–water partition coefficient (Wildman–Crippen LogP) is 3.70. The highest BCUT2D eigenvalue weighted by molar-refractivity contribution is 5.97. The Balaban J connectivity index is 2.88. The van der Waals surface area contributed by atoms with Crippen LogP contribution in [0.2, 0.25) is 0 Å². The number of rotatable bonds is 2. The smallest absolute Gasteiger partial charge is 0.341 e. The van der Waals surface area contributed by atoms with Crippen molar-refractivity contribution >= 4 is 5.97 Å². The van der Waals surface area contributed by atoms with Crippen LogP contribution in [0.25, 0.3) is 11.1 Å². The van der Waals surface area contributed by atoms with E-state index in [4.69, 9.17) is 0 Å². The molecule has 0 N–H and O–H groups in total. The Bertz CT molecular complexity index is 669. The second-order valence-electron chi connectivity index (χ2n) is 3.86. The summed E-state index contributed by atoms with van der Waals surface area (Å²) in [5, 5.41) is 0. The molecule has 0 spiro atoms. The first kappa shape index (κ1) is 14.0. The van der Waals surface area contributed by atoms with Gasteiger partial charge in [0.1, 0.15) is 5.56 Å². The van der Waals surface area contributed by atoms with Crippen LogP contribution in [0.3, 0.4) is 0 Å². The summed E-state index contributed by atoms with van der Waals surface area (Å²) in [5.41, 5.74) is -1.62. The molecule has 6 heteroatoms. The van der Waals surface area contributed by atoms with Crippen LogP contribution in [0.5, 0.6) is 0 Å². The Morgan fingerprint density at radius 2 is 1.45 bits per heavy atom. The Kier molecular flexibility index (Phi) is 3.74. The van der Waals surface area contributed by atoms with Crippen molar-refractivity contribution in [1.29, 1.82) is 0 Å². The lowest BCUT2D eigenvalue weighted by Gasteiger charge is -2.12. The van der Waals surface area contributed by atoms with Gasteiger partial charge in [-0.1, -0.05) is 30.3 Å². The number of benzene rings is 2. The summed E-state index contributed by atoms with van der Waals surface area (Å²) in [7, 11) is 0.926. The highest BCUT2D eigenvalue weighted by Gasteiger charge is 2.30. The van der Waals surface area contributed by atoms with Gasteiger partial charge in [-0.2, -0.15) is 0 Å². The van der Waals surface area contributed by atoms with Gasteiger partial charge < -0.3 is 4.74 Å². The summed E-state index contributed by atoms with van der Waals surface area (Å²) in [6.07, 6.45) is 0. The van der Waals surface area contributed by atoms with Gasteiger partial charge in [-0.25, -0.2) is 22.4 Å². The predicted molar refractivity (Wildman–Crippen MR) is 63.0 cm³/mol. The van der Waals surface area contributed by atoms with Gasteiger partial charge in [0.05, 0.1) is 7.11 Å². The van der Waals surface area contributed by atoms with Crippen LogP contribution in [0.1, 0.15) is 10.4 Å². The normalized spacial score (nSPS) is 10.4. The van der Waals surface area contributed by atoms with Crippen LogP contribution >= 0.6 is 0 Å². The third-order valence-corrected chi connectivity index (χ3v) is 2.72. The molecule has 2 aromatic carbocycles. The fourth-order valence-corrected chi connectivity index (χ4v) is 1.80. The quantitative estimate of drug-likeness (QED) is 0.364. The van der Waals surface area contributed by atoms with E-state index < -0.39 is 40.4 Å². The van der Waals surface area contributed by atoms with Crippen LogP contribution < -0.4 is 0 Å². The number of hydrogen-bond acceptors (Lipinski definition) is 2. The van der Waals surface area contributed by atoms with Gasteiger partial charge in [-0.15, -0.1) is 0 Å².